The molecule has 2 aliphatic rings. The Labute approximate surface area is 151 Å². The minimum atomic E-state index is -0.794. The van der Waals surface area contributed by atoms with E-state index in [1.807, 2.05) is 0 Å². The van der Waals surface area contributed by atoms with Gasteiger partial charge in [-0.1, -0.05) is 0 Å². The summed E-state index contributed by atoms with van der Waals surface area (Å²) >= 11 is 0. The van der Waals surface area contributed by atoms with Crippen molar-refractivity contribution in [3.63, 3.8) is 0 Å². The number of hydrogen-bond acceptors (Lipinski definition) is 5. The molecule has 1 aliphatic heterocycles. The van der Waals surface area contributed by atoms with Crippen molar-refractivity contribution in [2.24, 2.45) is 17.8 Å². The smallest absolute Gasteiger partial charge is 0.308 e. The third-order valence-corrected chi connectivity index (χ3v) is 5.24. The maximum absolute atomic E-state index is 12.4. The number of carboxylic acids is 1. The first-order valence-electron chi connectivity index (χ1n) is 8.94. The lowest BCUT2D eigenvalue weighted by Crippen LogP contribution is -2.30. The van der Waals surface area contributed by atoms with Crippen molar-refractivity contribution in [3.05, 3.63) is 34.4 Å². The zero-order chi connectivity index (χ0) is 18.7. The summed E-state index contributed by atoms with van der Waals surface area (Å²) in [6.07, 6.45) is 3.15. The fraction of sp³-hybridized carbons (Fsp3) is 0.556. The second-order valence-corrected chi connectivity index (χ2v) is 7.08. The van der Waals surface area contributed by atoms with Gasteiger partial charge in [0.15, 0.2) is 0 Å². The lowest BCUT2D eigenvalue weighted by atomic mass is 9.92. The van der Waals surface area contributed by atoms with Gasteiger partial charge in [-0.2, -0.15) is 0 Å². The van der Waals surface area contributed by atoms with Crippen LogP contribution in [0.1, 0.15) is 25.7 Å². The summed E-state index contributed by atoms with van der Waals surface area (Å²) in [6.45, 7) is 1.47. The van der Waals surface area contributed by atoms with Crippen LogP contribution in [0.15, 0.2) is 24.3 Å². The van der Waals surface area contributed by atoms with Gasteiger partial charge in [0, 0.05) is 43.9 Å². The molecule has 0 aromatic heterocycles. The SMILES string of the molecule is O=C(O)[C@H]1CN(C(=O)CCCNc2ccc([N+](=O)[O-])cc2)C[C@@H]1C1CC1. The number of hydrogen-bond donors (Lipinski definition) is 2. The Morgan fingerprint density at radius 3 is 2.50 bits per heavy atom. The van der Waals surface area contributed by atoms with E-state index >= 15 is 0 Å². The number of carbonyl (C=O) groups is 2. The van der Waals surface area contributed by atoms with Crippen LogP contribution in [0.3, 0.4) is 0 Å². The number of nitro benzene ring substituents is 1. The summed E-state index contributed by atoms with van der Waals surface area (Å²) < 4.78 is 0. The maximum Gasteiger partial charge on any atom is 0.308 e. The third-order valence-electron chi connectivity index (χ3n) is 5.24. The fourth-order valence-corrected chi connectivity index (χ4v) is 3.63. The molecule has 1 heterocycles. The van der Waals surface area contributed by atoms with E-state index in [1.165, 1.54) is 12.1 Å². The van der Waals surface area contributed by atoms with Gasteiger partial charge < -0.3 is 15.3 Å². The van der Waals surface area contributed by atoms with Gasteiger partial charge in [0.05, 0.1) is 10.8 Å². The molecule has 26 heavy (non-hydrogen) atoms. The molecule has 1 saturated heterocycles. The van der Waals surface area contributed by atoms with Crippen LogP contribution in [0, 0.1) is 27.9 Å². The van der Waals surface area contributed by atoms with Crippen LogP contribution in [0.4, 0.5) is 11.4 Å². The van der Waals surface area contributed by atoms with Gasteiger partial charge in [-0.25, -0.2) is 0 Å². The van der Waals surface area contributed by atoms with E-state index in [9.17, 15) is 24.8 Å². The number of carboxylic acid groups (broad SMARTS) is 1. The normalized spacial score (nSPS) is 22.2. The molecule has 1 amide bonds. The lowest BCUT2D eigenvalue weighted by molar-refractivity contribution is -0.384. The van der Waals surface area contributed by atoms with E-state index in [2.05, 4.69) is 5.32 Å². The summed E-state index contributed by atoms with van der Waals surface area (Å²) in [6, 6.07) is 6.14. The zero-order valence-corrected chi connectivity index (χ0v) is 14.5. The molecule has 1 aromatic carbocycles. The number of carbonyl (C=O) groups excluding carboxylic acids is 1. The second kappa shape index (κ2) is 7.72. The van der Waals surface area contributed by atoms with Crippen LogP contribution < -0.4 is 5.32 Å². The van der Waals surface area contributed by atoms with Crippen LogP contribution in [-0.4, -0.2) is 46.4 Å². The van der Waals surface area contributed by atoms with Gasteiger partial charge in [0.2, 0.25) is 5.91 Å². The Balaban J connectivity index is 1.41. The molecule has 8 nitrogen and oxygen atoms in total. The number of nitrogens with zero attached hydrogens (tertiary/aromatic N) is 2. The number of anilines is 1. The number of non-ortho nitro benzene ring substituents is 1. The van der Waals surface area contributed by atoms with Gasteiger partial charge in [0.25, 0.3) is 5.69 Å². The van der Waals surface area contributed by atoms with Crippen molar-refractivity contribution in [2.75, 3.05) is 25.0 Å². The topological polar surface area (TPSA) is 113 Å². The summed E-state index contributed by atoms with van der Waals surface area (Å²) in [5.74, 6) is -0.640. The Kier molecular flexibility index (Phi) is 5.39. The summed E-state index contributed by atoms with van der Waals surface area (Å²) in [7, 11) is 0. The van der Waals surface area contributed by atoms with Gasteiger partial charge in [0.1, 0.15) is 0 Å². The summed E-state index contributed by atoms with van der Waals surface area (Å²) in [5, 5.41) is 23.1. The van der Waals surface area contributed by atoms with Crippen LogP contribution in [0.5, 0.6) is 0 Å². The standard InChI is InChI=1S/C18H23N3O5/c22-17(20-10-15(12-3-4-12)16(11-20)18(23)24)2-1-9-19-13-5-7-14(8-6-13)21(25)26/h5-8,12,15-16,19H,1-4,9-11H2,(H,23,24)/t15-,16+/m1/s1. The van der Waals surface area contributed by atoms with E-state index in [4.69, 9.17) is 0 Å². The first kappa shape index (κ1) is 18.2. The number of likely N-dealkylation sites (tertiary alicyclic amines) is 1. The molecule has 0 unspecified atom stereocenters. The number of aliphatic carboxylic acids is 1. The highest BCUT2D eigenvalue weighted by atomic mass is 16.6. The molecule has 1 aliphatic carbocycles. The number of benzene rings is 1. The van der Waals surface area contributed by atoms with Gasteiger partial charge in [-0.05, 0) is 43.2 Å². The van der Waals surface area contributed by atoms with E-state index in [0.717, 1.165) is 18.5 Å². The van der Waals surface area contributed by atoms with Gasteiger partial charge >= 0.3 is 5.97 Å². The first-order valence-corrected chi connectivity index (χ1v) is 8.94. The summed E-state index contributed by atoms with van der Waals surface area (Å²) in [4.78, 5) is 35.6. The van der Waals surface area contributed by atoms with E-state index in [1.54, 1.807) is 17.0 Å². The van der Waals surface area contributed by atoms with Crippen LogP contribution in [0.25, 0.3) is 0 Å². The van der Waals surface area contributed by atoms with Gasteiger partial charge in [-0.3, -0.25) is 19.7 Å². The fourth-order valence-electron chi connectivity index (χ4n) is 3.63. The molecule has 2 atom stereocenters. The van der Waals surface area contributed by atoms with Gasteiger partial charge in [-0.15, -0.1) is 0 Å². The third kappa shape index (κ3) is 4.30. The average molecular weight is 361 g/mol. The number of nitrogens with one attached hydrogen (secondary N) is 1. The van der Waals surface area contributed by atoms with Crippen LogP contribution in [-0.2, 0) is 9.59 Å². The van der Waals surface area contributed by atoms with Crippen molar-refractivity contribution in [1.82, 2.24) is 4.90 Å². The van der Waals surface area contributed by atoms with Crippen molar-refractivity contribution in [2.45, 2.75) is 25.7 Å². The number of rotatable bonds is 8. The van der Waals surface area contributed by atoms with Crippen molar-refractivity contribution in [3.8, 4) is 0 Å². The monoisotopic (exact) mass is 361 g/mol. The molecular formula is C18H23N3O5. The van der Waals surface area contributed by atoms with Crippen LogP contribution >= 0.6 is 0 Å². The van der Waals surface area contributed by atoms with Crippen molar-refractivity contribution < 1.29 is 19.6 Å². The highest BCUT2D eigenvalue weighted by molar-refractivity contribution is 5.79. The zero-order valence-electron chi connectivity index (χ0n) is 14.5. The quantitative estimate of drug-likeness (QED) is 0.417. The highest BCUT2D eigenvalue weighted by Gasteiger charge is 2.46. The molecule has 0 radical (unpaired) electrons. The Morgan fingerprint density at radius 1 is 1.23 bits per heavy atom. The molecule has 140 valence electrons. The van der Waals surface area contributed by atoms with E-state index < -0.39 is 16.8 Å². The van der Waals surface area contributed by atoms with Crippen molar-refractivity contribution >= 4 is 23.3 Å². The maximum atomic E-state index is 12.4. The number of nitro groups is 1. The molecule has 1 aromatic rings. The number of amides is 1. The Hall–Kier alpha value is -2.64. The predicted molar refractivity (Wildman–Crippen MR) is 94.7 cm³/mol. The van der Waals surface area contributed by atoms with E-state index in [0.29, 0.717) is 38.4 Å². The molecular weight excluding hydrogens is 338 g/mol. The van der Waals surface area contributed by atoms with E-state index in [-0.39, 0.29) is 17.5 Å². The minimum absolute atomic E-state index is 0.00454. The minimum Gasteiger partial charge on any atom is -0.481 e. The molecule has 1 saturated carbocycles. The van der Waals surface area contributed by atoms with Crippen LogP contribution in [0.2, 0.25) is 0 Å². The summed E-state index contributed by atoms with van der Waals surface area (Å²) in [5.41, 5.74) is 0.807. The second-order valence-electron chi connectivity index (χ2n) is 7.08. The average Bonchev–Trinajstić information content (AvgIpc) is 3.36. The highest BCUT2D eigenvalue weighted by Crippen LogP contribution is 2.44. The lowest BCUT2D eigenvalue weighted by Gasteiger charge is -2.16. The molecule has 2 N–H and O–H groups in total. The predicted octanol–water partition coefficient (Wildman–Crippen LogP) is 2.36. The molecule has 0 spiro atoms. The Bertz CT molecular complexity index is 687. The molecule has 3 rings (SSSR count). The molecule has 2 fully saturated rings. The molecule has 8 heteroatoms. The molecule has 0 bridgehead atoms. The first-order chi connectivity index (χ1) is 12.5. The van der Waals surface area contributed by atoms with Crippen molar-refractivity contribution in [1.29, 1.82) is 0 Å². The largest absolute Gasteiger partial charge is 0.481 e. The Morgan fingerprint density at radius 2 is 1.92 bits per heavy atom.